The minimum absolute atomic E-state index is 0.0718. The van der Waals surface area contributed by atoms with Crippen LogP contribution in [0.1, 0.15) is 57.6 Å². The van der Waals surface area contributed by atoms with Crippen LogP contribution in [0.25, 0.3) is 6.08 Å². The van der Waals surface area contributed by atoms with Crippen LogP contribution in [0.15, 0.2) is 54.6 Å². The smallest absolute Gasteiger partial charge is 0.336 e. The van der Waals surface area contributed by atoms with E-state index in [-0.39, 0.29) is 16.3 Å². The van der Waals surface area contributed by atoms with Gasteiger partial charge in [-0.2, -0.15) is 0 Å². The highest BCUT2D eigenvalue weighted by Gasteiger charge is 2.17. The van der Waals surface area contributed by atoms with E-state index in [0.29, 0.717) is 24.3 Å². The Hall–Kier alpha value is -3.91. The number of carbonyl (C=O) groups excluding carboxylic acids is 1. The topological polar surface area (TPSA) is 122 Å². The second-order valence-corrected chi connectivity index (χ2v) is 7.93. The van der Waals surface area contributed by atoms with E-state index >= 15 is 0 Å². The number of rotatable bonds is 10. The van der Waals surface area contributed by atoms with Crippen molar-refractivity contribution in [2.45, 2.75) is 32.7 Å². The van der Waals surface area contributed by atoms with E-state index < -0.39 is 17.8 Å². The number of hydrogen-bond donors (Lipinski definition) is 3. The van der Waals surface area contributed by atoms with E-state index in [2.05, 4.69) is 17.2 Å². The van der Waals surface area contributed by atoms with E-state index in [0.717, 1.165) is 30.3 Å². The molecule has 8 nitrogen and oxygen atoms in total. The molecule has 1 amide bonds. The lowest BCUT2D eigenvalue weighted by Crippen LogP contribution is -2.16. The predicted molar refractivity (Wildman–Crippen MR) is 129 cm³/mol. The minimum Gasteiger partial charge on any atom is -0.478 e. The number of halogens is 1. The normalized spacial score (nSPS) is 11.0. The first-order valence-corrected chi connectivity index (χ1v) is 11.1. The average molecular weight is 482 g/mol. The number of hydrogen-bond acceptors (Lipinski definition) is 4. The Morgan fingerprint density at radius 1 is 1.06 bits per heavy atom. The van der Waals surface area contributed by atoms with E-state index in [1.54, 1.807) is 24.3 Å². The maximum atomic E-state index is 12.6. The Bertz CT molecular complexity index is 1230. The van der Waals surface area contributed by atoms with Crippen molar-refractivity contribution < 1.29 is 24.6 Å². The molecule has 0 atom stereocenters. The number of unbranched alkanes of at least 4 members (excludes halogenated alkanes) is 1. The highest BCUT2D eigenvalue weighted by atomic mass is 35.5. The van der Waals surface area contributed by atoms with Crippen LogP contribution < -0.4 is 5.32 Å². The molecule has 0 unspecified atom stereocenters. The van der Waals surface area contributed by atoms with Gasteiger partial charge in [-0.25, -0.2) is 14.6 Å². The van der Waals surface area contributed by atoms with Crippen LogP contribution in [-0.2, 0) is 17.8 Å². The number of aromatic carboxylic acids is 1. The van der Waals surface area contributed by atoms with Gasteiger partial charge in [0.05, 0.1) is 16.8 Å². The molecule has 3 aromatic rings. The number of imidazole rings is 1. The Morgan fingerprint density at radius 2 is 1.74 bits per heavy atom. The summed E-state index contributed by atoms with van der Waals surface area (Å²) in [5, 5.41) is 21.2. The van der Waals surface area contributed by atoms with Crippen molar-refractivity contribution in [1.29, 1.82) is 0 Å². The van der Waals surface area contributed by atoms with Crippen molar-refractivity contribution in [3.8, 4) is 0 Å². The van der Waals surface area contributed by atoms with Crippen molar-refractivity contribution in [2.75, 3.05) is 5.32 Å². The monoisotopic (exact) mass is 481 g/mol. The van der Waals surface area contributed by atoms with Crippen LogP contribution in [0.3, 0.4) is 0 Å². The third kappa shape index (κ3) is 6.11. The number of nitrogens with one attached hydrogen (secondary N) is 1. The maximum absolute atomic E-state index is 12.6. The van der Waals surface area contributed by atoms with Crippen molar-refractivity contribution >= 4 is 41.2 Å². The number of carboxylic acids is 2. The molecule has 0 saturated heterocycles. The van der Waals surface area contributed by atoms with Gasteiger partial charge < -0.3 is 20.1 Å². The number of carbonyl (C=O) groups is 3. The summed E-state index contributed by atoms with van der Waals surface area (Å²) in [4.78, 5) is 39.4. The lowest BCUT2D eigenvalue weighted by atomic mass is 10.1. The molecule has 176 valence electrons. The molecular formula is C25H24ClN3O5. The summed E-state index contributed by atoms with van der Waals surface area (Å²) in [6, 6.07) is 13.1. The van der Waals surface area contributed by atoms with Gasteiger partial charge in [-0.15, -0.1) is 0 Å². The number of anilines is 1. The summed E-state index contributed by atoms with van der Waals surface area (Å²) in [5.74, 6) is -2.01. The largest absolute Gasteiger partial charge is 0.478 e. The Morgan fingerprint density at radius 3 is 2.35 bits per heavy atom. The molecule has 0 bridgehead atoms. The lowest BCUT2D eigenvalue weighted by molar-refractivity contribution is -0.131. The number of amides is 1. The second kappa shape index (κ2) is 11.3. The summed E-state index contributed by atoms with van der Waals surface area (Å²) in [6.07, 6.45) is 5.05. The maximum Gasteiger partial charge on any atom is 0.336 e. The molecule has 34 heavy (non-hydrogen) atoms. The fraction of sp³-hybridized carbons (Fsp3) is 0.200. The van der Waals surface area contributed by atoms with Gasteiger partial charge in [0.2, 0.25) is 0 Å². The average Bonchev–Trinajstić information content (AvgIpc) is 3.11. The number of carboxylic acid groups (broad SMARTS) is 2. The number of aryl methyl sites for hydroxylation is 1. The van der Waals surface area contributed by atoms with Crippen molar-refractivity contribution in [2.24, 2.45) is 0 Å². The molecule has 0 aliphatic heterocycles. The highest BCUT2D eigenvalue weighted by molar-refractivity contribution is 6.30. The molecule has 0 aliphatic rings. The summed E-state index contributed by atoms with van der Waals surface area (Å²) in [6.45, 7) is 2.48. The molecule has 0 fully saturated rings. The molecule has 3 rings (SSSR count). The van der Waals surface area contributed by atoms with Crippen LogP contribution in [-0.4, -0.2) is 37.6 Å². The molecule has 0 aliphatic carbocycles. The van der Waals surface area contributed by atoms with Crippen LogP contribution in [0.5, 0.6) is 0 Å². The molecule has 2 aromatic carbocycles. The first-order valence-electron chi connectivity index (χ1n) is 10.7. The number of aromatic nitrogens is 2. The van der Waals surface area contributed by atoms with Gasteiger partial charge in [-0.05, 0) is 42.3 Å². The van der Waals surface area contributed by atoms with Gasteiger partial charge in [0.15, 0.2) is 5.15 Å². The highest BCUT2D eigenvalue weighted by Crippen LogP contribution is 2.23. The summed E-state index contributed by atoms with van der Waals surface area (Å²) >= 11 is 6.29. The number of nitrogens with zero attached hydrogens (tertiary/aromatic N) is 2. The fourth-order valence-corrected chi connectivity index (χ4v) is 3.70. The molecule has 0 spiro atoms. The zero-order chi connectivity index (χ0) is 24.7. The SMILES string of the molecule is CCCCc1nc(Cl)c(C=CC(=O)O)n1Cc1ccc(NC(=O)c2ccccc2C(=O)O)cc1. The van der Waals surface area contributed by atoms with Gasteiger partial charge >= 0.3 is 11.9 Å². The fourth-order valence-electron chi connectivity index (χ4n) is 3.43. The first kappa shape index (κ1) is 24.7. The molecule has 0 radical (unpaired) electrons. The van der Waals surface area contributed by atoms with Gasteiger partial charge in [-0.1, -0.05) is 49.2 Å². The number of benzene rings is 2. The van der Waals surface area contributed by atoms with Gasteiger partial charge in [0, 0.05) is 24.7 Å². The van der Waals surface area contributed by atoms with E-state index in [1.807, 2.05) is 16.7 Å². The van der Waals surface area contributed by atoms with Crippen molar-refractivity contribution in [3.63, 3.8) is 0 Å². The van der Waals surface area contributed by atoms with Gasteiger partial charge in [0.1, 0.15) is 5.82 Å². The first-order chi connectivity index (χ1) is 16.3. The van der Waals surface area contributed by atoms with Crippen LogP contribution in [0.4, 0.5) is 5.69 Å². The van der Waals surface area contributed by atoms with Gasteiger partial charge in [-0.3, -0.25) is 4.79 Å². The lowest BCUT2D eigenvalue weighted by Gasteiger charge is -2.12. The number of aliphatic carboxylic acids is 1. The quantitative estimate of drug-likeness (QED) is 0.351. The predicted octanol–water partition coefficient (Wildman–Crippen LogP) is 4.98. The molecule has 1 heterocycles. The van der Waals surface area contributed by atoms with Gasteiger partial charge in [0.25, 0.3) is 5.91 Å². The molecule has 3 N–H and O–H groups in total. The van der Waals surface area contributed by atoms with E-state index in [1.165, 1.54) is 18.2 Å². The second-order valence-electron chi connectivity index (χ2n) is 7.57. The summed E-state index contributed by atoms with van der Waals surface area (Å²) in [5.41, 5.74) is 1.91. The van der Waals surface area contributed by atoms with Crippen molar-refractivity contribution in [1.82, 2.24) is 9.55 Å². The van der Waals surface area contributed by atoms with Crippen LogP contribution >= 0.6 is 11.6 Å². The Balaban J connectivity index is 1.81. The Labute approximate surface area is 201 Å². The summed E-state index contributed by atoms with van der Waals surface area (Å²) < 4.78 is 1.88. The minimum atomic E-state index is -1.17. The van der Waals surface area contributed by atoms with E-state index in [9.17, 15) is 19.5 Å². The molecule has 1 aromatic heterocycles. The van der Waals surface area contributed by atoms with Crippen molar-refractivity contribution in [3.05, 3.63) is 88.0 Å². The third-order valence-electron chi connectivity index (χ3n) is 5.13. The van der Waals surface area contributed by atoms with E-state index in [4.69, 9.17) is 16.7 Å². The Kier molecular flexibility index (Phi) is 8.21. The zero-order valence-electron chi connectivity index (χ0n) is 18.5. The molecule has 9 heteroatoms. The molecule has 0 saturated carbocycles. The summed E-state index contributed by atoms with van der Waals surface area (Å²) in [7, 11) is 0. The zero-order valence-corrected chi connectivity index (χ0v) is 19.2. The standard InChI is InChI=1S/C25H24ClN3O5/c1-2-3-8-21-28-23(26)20(13-14-22(30)31)29(21)15-16-9-11-17(12-10-16)27-24(32)18-6-4-5-7-19(18)25(33)34/h4-7,9-14H,2-3,8,15H2,1H3,(H,27,32)(H,30,31)(H,33,34). The third-order valence-corrected chi connectivity index (χ3v) is 5.41. The molecular weight excluding hydrogens is 458 g/mol. The van der Waals surface area contributed by atoms with Crippen LogP contribution in [0.2, 0.25) is 5.15 Å². The van der Waals surface area contributed by atoms with Crippen LogP contribution in [0, 0.1) is 0 Å².